The summed E-state index contributed by atoms with van der Waals surface area (Å²) in [6.07, 6.45) is 3.98. The van der Waals surface area contributed by atoms with Crippen LogP contribution in [-0.4, -0.2) is 22.5 Å². The summed E-state index contributed by atoms with van der Waals surface area (Å²) in [5.41, 5.74) is 4.40. The maximum absolute atomic E-state index is 12.1. The number of hydrogen-bond donors (Lipinski definition) is 3. The smallest absolute Gasteiger partial charge is 0.323 e. The molecule has 7 heteroatoms. The molecule has 0 spiro atoms. The van der Waals surface area contributed by atoms with Gasteiger partial charge < -0.3 is 16.0 Å². The van der Waals surface area contributed by atoms with Gasteiger partial charge in [0.05, 0.1) is 11.3 Å². The van der Waals surface area contributed by atoms with Crippen LogP contribution < -0.4 is 16.0 Å². The Kier molecular flexibility index (Phi) is 6.00. The van der Waals surface area contributed by atoms with Crippen molar-refractivity contribution in [3.05, 3.63) is 90.3 Å². The van der Waals surface area contributed by atoms with Crippen molar-refractivity contribution >= 4 is 34.1 Å². The highest BCUT2D eigenvalue weighted by Crippen LogP contribution is 2.24. The van der Waals surface area contributed by atoms with Crippen molar-refractivity contribution in [3.63, 3.8) is 0 Å². The molecule has 0 atom stereocenters. The molecule has 4 rings (SSSR count). The first-order valence-corrected chi connectivity index (χ1v) is 9.82. The van der Waals surface area contributed by atoms with Gasteiger partial charge in [0, 0.05) is 35.7 Å². The van der Waals surface area contributed by atoms with Crippen LogP contribution in [0.15, 0.2) is 79.1 Å². The summed E-state index contributed by atoms with van der Waals surface area (Å²) in [5.74, 6) is 0. The first-order valence-electron chi connectivity index (χ1n) is 9.82. The Morgan fingerprint density at radius 3 is 2.39 bits per heavy atom. The van der Waals surface area contributed by atoms with E-state index in [1.54, 1.807) is 12.4 Å². The molecule has 152 valence electrons. The summed E-state index contributed by atoms with van der Waals surface area (Å²) in [6, 6.07) is 22.6. The van der Waals surface area contributed by atoms with Gasteiger partial charge in [-0.05, 0) is 48.4 Å². The number of fused-ring (bicyclic) bond motifs is 1. The normalized spacial score (nSPS) is 10.3. The lowest BCUT2D eigenvalue weighted by Gasteiger charge is -2.11. The Labute approximate surface area is 179 Å². The summed E-state index contributed by atoms with van der Waals surface area (Å²) >= 11 is 0. The Morgan fingerprint density at radius 2 is 1.65 bits per heavy atom. The van der Waals surface area contributed by atoms with Gasteiger partial charge in [0.25, 0.3) is 0 Å². The van der Waals surface area contributed by atoms with Crippen molar-refractivity contribution in [1.82, 2.24) is 9.97 Å². The topological polar surface area (TPSA) is 103 Å². The molecule has 31 heavy (non-hydrogen) atoms. The minimum Gasteiger partial charge on any atom is -0.383 e. The monoisotopic (exact) mass is 408 g/mol. The number of carbonyl (C=O) groups is 1. The number of nitrogens with zero attached hydrogens (tertiary/aromatic N) is 3. The van der Waals surface area contributed by atoms with Crippen molar-refractivity contribution in [1.29, 1.82) is 5.26 Å². The van der Waals surface area contributed by atoms with E-state index in [0.717, 1.165) is 28.7 Å². The predicted molar refractivity (Wildman–Crippen MR) is 122 cm³/mol. The molecule has 0 saturated carbocycles. The van der Waals surface area contributed by atoms with Crippen LogP contribution in [0.4, 0.5) is 21.9 Å². The van der Waals surface area contributed by atoms with Crippen LogP contribution in [0.3, 0.4) is 0 Å². The molecule has 0 aliphatic carbocycles. The van der Waals surface area contributed by atoms with Gasteiger partial charge >= 0.3 is 6.03 Å². The maximum atomic E-state index is 12.1. The molecule has 7 nitrogen and oxygen atoms in total. The molecule has 0 aliphatic rings. The van der Waals surface area contributed by atoms with E-state index >= 15 is 0 Å². The highest BCUT2D eigenvalue weighted by atomic mass is 16.2. The number of amides is 2. The van der Waals surface area contributed by atoms with Gasteiger partial charge in [-0.15, -0.1) is 0 Å². The van der Waals surface area contributed by atoms with Gasteiger partial charge in [-0.3, -0.25) is 0 Å². The number of anilines is 3. The van der Waals surface area contributed by atoms with E-state index in [1.807, 2.05) is 66.7 Å². The van der Waals surface area contributed by atoms with Gasteiger partial charge in [0.2, 0.25) is 0 Å². The number of nitrogens with one attached hydrogen (secondary N) is 3. The van der Waals surface area contributed by atoms with Crippen molar-refractivity contribution < 1.29 is 4.79 Å². The minimum atomic E-state index is -0.289. The van der Waals surface area contributed by atoms with Crippen molar-refractivity contribution in [2.24, 2.45) is 0 Å². The Morgan fingerprint density at radius 1 is 0.903 bits per heavy atom. The lowest BCUT2D eigenvalue weighted by atomic mass is 10.1. The number of aromatic nitrogens is 2. The third kappa shape index (κ3) is 4.95. The first kappa shape index (κ1) is 19.9. The molecular weight excluding hydrogens is 388 g/mol. The Hall–Kier alpha value is -4.44. The molecule has 0 radical (unpaired) electrons. The van der Waals surface area contributed by atoms with Gasteiger partial charge in [0.15, 0.2) is 5.65 Å². The fraction of sp³-hybridized carbons (Fsp3) is 0.0833. The molecule has 2 amide bonds. The molecule has 0 bridgehead atoms. The molecule has 4 aromatic rings. The molecule has 0 aliphatic heterocycles. The fourth-order valence-corrected chi connectivity index (χ4v) is 3.21. The molecule has 3 N–H and O–H groups in total. The lowest BCUT2D eigenvalue weighted by molar-refractivity contribution is 0.262. The van der Waals surface area contributed by atoms with Gasteiger partial charge in [0.1, 0.15) is 6.07 Å². The largest absolute Gasteiger partial charge is 0.383 e. The number of para-hydroxylation sites is 1. The van der Waals surface area contributed by atoms with Crippen LogP contribution in [-0.2, 0) is 6.42 Å². The number of rotatable bonds is 6. The first-order chi connectivity index (χ1) is 15.2. The van der Waals surface area contributed by atoms with Crippen LogP contribution in [0.25, 0.3) is 11.0 Å². The molecule has 0 saturated heterocycles. The van der Waals surface area contributed by atoms with E-state index in [4.69, 9.17) is 0 Å². The minimum absolute atomic E-state index is 0.289. The second-order valence-electron chi connectivity index (χ2n) is 6.85. The molecule has 2 aromatic heterocycles. The van der Waals surface area contributed by atoms with Gasteiger partial charge in [-0.2, -0.15) is 5.26 Å². The van der Waals surface area contributed by atoms with Crippen LogP contribution in [0, 0.1) is 11.3 Å². The number of urea groups is 1. The summed E-state index contributed by atoms with van der Waals surface area (Å²) in [6.45, 7) is 0.643. The fourth-order valence-electron chi connectivity index (χ4n) is 3.21. The Bertz CT molecular complexity index is 1230. The van der Waals surface area contributed by atoms with Gasteiger partial charge in [-0.25, -0.2) is 14.8 Å². The average Bonchev–Trinajstić information content (AvgIpc) is 2.81. The van der Waals surface area contributed by atoms with Crippen molar-refractivity contribution in [3.8, 4) is 6.07 Å². The summed E-state index contributed by atoms with van der Waals surface area (Å²) in [7, 11) is 0. The van der Waals surface area contributed by atoms with Crippen molar-refractivity contribution in [2.45, 2.75) is 6.42 Å². The number of benzene rings is 2. The average molecular weight is 408 g/mol. The van der Waals surface area contributed by atoms with E-state index < -0.39 is 0 Å². The lowest BCUT2D eigenvalue weighted by Crippen LogP contribution is -2.19. The van der Waals surface area contributed by atoms with Crippen molar-refractivity contribution in [2.75, 3.05) is 22.5 Å². The third-order valence-electron chi connectivity index (χ3n) is 4.72. The highest BCUT2D eigenvalue weighted by Gasteiger charge is 2.09. The van der Waals surface area contributed by atoms with Crippen LogP contribution in [0.5, 0.6) is 0 Å². The van der Waals surface area contributed by atoms with E-state index in [1.165, 1.54) is 0 Å². The number of pyridine rings is 2. The van der Waals surface area contributed by atoms with E-state index in [2.05, 4.69) is 32.0 Å². The SMILES string of the molecule is N#Cc1cnc2ncccc2c1NCCc1ccc(NC(=O)Nc2ccccc2)cc1. The zero-order chi connectivity index (χ0) is 21.5. The van der Waals surface area contributed by atoms with Crippen LogP contribution >= 0.6 is 0 Å². The number of hydrogen-bond acceptors (Lipinski definition) is 5. The molecule has 2 heterocycles. The Balaban J connectivity index is 1.35. The quantitative estimate of drug-likeness (QED) is 0.425. The second kappa shape index (κ2) is 9.37. The highest BCUT2D eigenvalue weighted by molar-refractivity contribution is 5.99. The zero-order valence-electron chi connectivity index (χ0n) is 16.7. The second-order valence-corrected chi connectivity index (χ2v) is 6.85. The van der Waals surface area contributed by atoms with Crippen LogP contribution in [0.1, 0.15) is 11.1 Å². The standard InChI is InChI=1S/C24H20N6O/c25-15-18-16-28-23-21(7-4-13-27-23)22(18)26-14-12-17-8-10-20(11-9-17)30-24(31)29-19-5-2-1-3-6-19/h1-11,13,16H,12,14H2,(H,26,27,28)(H2,29,30,31). The van der Waals surface area contributed by atoms with E-state index in [-0.39, 0.29) is 6.03 Å². The summed E-state index contributed by atoms with van der Waals surface area (Å²) in [5, 5.41) is 19.2. The summed E-state index contributed by atoms with van der Waals surface area (Å²) in [4.78, 5) is 20.6. The molecule has 0 unspecified atom stereocenters. The van der Waals surface area contributed by atoms with E-state index in [9.17, 15) is 10.1 Å². The van der Waals surface area contributed by atoms with Crippen LogP contribution in [0.2, 0.25) is 0 Å². The number of nitriles is 1. The van der Waals surface area contributed by atoms with E-state index in [0.29, 0.717) is 23.4 Å². The van der Waals surface area contributed by atoms with Gasteiger partial charge in [-0.1, -0.05) is 30.3 Å². The molecule has 2 aromatic carbocycles. The summed E-state index contributed by atoms with van der Waals surface area (Å²) < 4.78 is 0. The molecular formula is C24H20N6O. The maximum Gasteiger partial charge on any atom is 0.323 e. The third-order valence-corrected chi connectivity index (χ3v) is 4.72. The zero-order valence-corrected chi connectivity index (χ0v) is 16.7. The number of carbonyl (C=O) groups excluding carboxylic acids is 1. The predicted octanol–water partition coefficient (Wildman–Crippen LogP) is 4.80. The molecule has 0 fully saturated rings.